The van der Waals surface area contributed by atoms with Crippen LogP contribution in [0.3, 0.4) is 0 Å². The Morgan fingerprint density at radius 1 is 0.897 bits per heavy atom. The Balaban J connectivity index is 1.74. The summed E-state index contributed by atoms with van der Waals surface area (Å²) in [5, 5.41) is 2.99. The number of hydrogen-bond acceptors (Lipinski definition) is 4. The number of hydrazine groups is 1. The van der Waals surface area contributed by atoms with Crippen LogP contribution >= 0.6 is 0 Å². The third-order valence-electron chi connectivity index (χ3n) is 4.61. The number of rotatable bonds is 5. The zero-order chi connectivity index (χ0) is 20.2. The number of fused-ring (bicyclic) bond motifs is 2. The first-order valence-electron chi connectivity index (χ1n) is 9.43. The summed E-state index contributed by atoms with van der Waals surface area (Å²) >= 11 is 0. The molecule has 0 aromatic heterocycles. The van der Waals surface area contributed by atoms with Crippen LogP contribution in [0, 0.1) is 0 Å². The minimum atomic E-state index is -0.445. The summed E-state index contributed by atoms with van der Waals surface area (Å²) in [6.45, 7) is 0.267. The van der Waals surface area contributed by atoms with Crippen molar-refractivity contribution in [3.63, 3.8) is 0 Å². The summed E-state index contributed by atoms with van der Waals surface area (Å²) in [5.41, 5.74) is 5.51. The highest BCUT2D eigenvalue weighted by atomic mass is 16.7. The number of amides is 2. The topological polar surface area (TPSA) is 54.0 Å². The van der Waals surface area contributed by atoms with Crippen LogP contribution in [0.25, 0.3) is 0 Å². The van der Waals surface area contributed by atoms with Gasteiger partial charge in [-0.2, -0.15) is 5.06 Å². The van der Waals surface area contributed by atoms with Crippen LogP contribution in [0.2, 0.25) is 0 Å². The fraction of sp³-hybridized carbons (Fsp3) is 0.174. The Morgan fingerprint density at radius 2 is 1.45 bits per heavy atom. The van der Waals surface area contributed by atoms with Crippen molar-refractivity contribution >= 4 is 6.03 Å². The third kappa shape index (κ3) is 4.08. The number of nitrogens with one attached hydrogen (secondary N) is 1. The molecule has 3 aromatic rings. The molecule has 1 aliphatic rings. The number of ether oxygens (including phenoxy) is 1. The first kappa shape index (κ1) is 19.0. The van der Waals surface area contributed by atoms with Crippen LogP contribution < -0.4 is 10.2 Å². The molecule has 0 radical (unpaired) electrons. The van der Waals surface area contributed by atoms with E-state index in [0.29, 0.717) is 11.5 Å². The lowest BCUT2D eigenvalue weighted by molar-refractivity contribution is -0.151. The van der Waals surface area contributed by atoms with Crippen LogP contribution in [-0.4, -0.2) is 30.2 Å². The van der Waals surface area contributed by atoms with E-state index in [0.717, 1.165) is 16.7 Å². The molecule has 0 saturated carbocycles. The second kappa shape index (κ2) is 8.34. The molecule has 29 heavy (non-hydrogen) atoms. The molecule has 6 nitrogen and oxygen atoms in total. The summed E-state index contributed by atoms with van der Waals surface area (Å²) in [5.74, 6) is 1.42. The van der Waals surface area contributed by atoms with Gasteiger partial charge < -0.3 is 4.74 Å². The average molecular weight is 389 g/mol. The highest BCUT2D eigenvalue weighted by Crippen LogP contribution is 2.45. The van der Waals surface area contributed by atoms with E-state index in [1.807, 2.05) is 78.9 Å². The predicted octanol–water partition coefficient (Wildman–Crippen LogP) is 4.50. The monoisotopic (exact) mass is 389 g/mol. The maximum absolute atomic E-state index is 13.1. The van der Waals surface area contributed by atoms with Crippen molar-refractivity contribution in [1.82, 2.24) is 15.5 Å². The maximum atomic E-state index is 13.1. The molecule has 2 amide bonds. The van der Waals surface area contributed by atoms with Gasteiger partial charge in [0.1, 0.15) is 24.1 Å². The Hall–Kier alpha value is -3.35. The first-order valence-corrected chi connectivity index (χ1v) is 9.43. The van der Waals surface area contributed by atoms with E-state index in [1.165, 1.54) is 5.06 Å². The van der Waals surface area contributed by atoms with Crippen LogP contribution in [0.15, 0.2) is 78.9 Å². The summed E-state index contributed by atoms with van der Waals surface area (Å²) in [6.07, 6.45) is 0. The van der Waals surface area contributed by atoms with Crippen LogP contribution in [-0.2, 0) is 11.4 Å². The number of benzene rings is 3. The van der Waals surface area contributed by atoms with Crippen molar-refractivity contribution in [2.75, 3.05) is 14.1 Å². The summed E-state index contributed by atoms with van der Waals surface area (Å²) in [4.78, 5) is 19.2. The number of carbonyl (C=O) groups excluding carboxylic acids is 1. The molecule has 0 fully saturated rings. The van der Waals surface area contributed by atoms with Crippen LogP contribution in [0.5, 0.6) is 11.5 Å². The van der Waals surface area contributed by atoms with Gasteiger partial charge in [-0.1, -0.05) is 66.7 Å². The molecule has 1 heterocycles. The smallest absolute Gasteiger partial charge is 0.356 e. The Bertz CT molecular complexity index is 946. The van der Waals surface area contributed by atoms with E-state index in [4.69, 9.17) is 9.57 Å². The maximum Gasteiger partial charge on any atom is 0.356 e. The minimum absolute atomic E-state index is 0.267. The molecular formula is C23H23N3O3. The van der Waals surface area contributed by atoms with Gasteiger partial charge in [0.25, 0.3) is 0 Å². The van der Waals surface area contributed by atoms with E-state index in [1.54, 1.807) is 19.1 Å². The molecule has 1 aliphatic heterocycles. The van der Waals surface area contributed by atoms with Crippen molar-refractivity contribution in [2.24, 2.45) is 0 Å². The van der Waals surface area contributed by atoms with Crippen molar-refractivity contribution in [1.29, 1.82) is 0 Å². The minimum Gasteiger partial charge on any atom is -0.457 e. The van der Waals surface area contributed by atoms with Crippen LogP contribution in [0.4, 0.5) is 4.79 Å². The summed E-state index contributed by atoms with van der Waals surface area (Å²) in [6, 6.07) is 24.4. The van der Waals surface area contributed by atoms with Gasteiger partial charge in [0, 0.05) is 25.2 Å². The zero-order valence-electron chi connectivity index (χ0n) is 16.4. The average Bonchev–Trinajstić information content (AvgIpc) is 2.73. The molecule has 3 aromatic carbocycles. The van der Waals surface area contributed by atoms with Gasteiger partial charge in [0.15, 0.2) is 0 Å². The van der Waals surface area contributed by atoms with Crippen molar-refractivity contribution < 1.29 is 14.4 Å². The van der Waals surface area contributed by atoms with Gasteiger partial charge >= 0.3 is 6.03 Å². The fourth-order valence-electron chi connectivity index (χ4n) is 3.35. The lowest BCUT2D eigenvalue weighted by Crippen LogP contribution is -2.47. The zero-order valence-corrected chi connectivity index (χ0v) is 16.4. The van der Waals surface area contributed by atoms with E-state index in [-0.39, 0.29) is 12.6 Å². The fourth-order valence-corrected chi connectivity index (χ4v) is 3.35. The summed E-state index contributed by atoms with van der Waals surface area (Å²) in [7, 11) is 3.53. The molecule has 6 heteroatoms. The van der Waals surface area contributed by atoms with Gasteiger partial charge in [-0.25, -0.2) is 9.80 Å². The van der Waals surface area contributed by atoms with Crippen LogP contribution in [0.1, 0.15) is 22.7 Å². The molecular weight excluding hydrogens is 366 g/mol. The number of hydroxylamine groups is 2. The molecule has 0 bridgehead atoms. The first-order chi connectivity index (χ1) is 14.1. The van der Waals surface area contributed by atoms with E-state index in [2.05, 4.69) is 5.43 Å². The van der Waals surface area contributed by atoms with Gasteiger partial charge in [0.2, 0.25) is 0 Å². The van der Waals surface area contributed by atoms with Gasteiger partial charge in [-0.05, 0) is 17.7 Å². The van der Waals surface area contributed by atoms with Crippen molar-refractivity contribution in [2.45, 2.75) is 12.6 Å². The number of hydrogen-bond donors (Lipinski definition) is 1. The standard InChI is InChI=1S/C23H23N3O3/c1-25(2)24-23(27)26(28-16-17-10-4-3-5-11-17)22-18-12-6-8-14-20(18)29-21-15-9-7-13-19(21)22/h3-15,22H,16H2,1-2H3,(H,24,27). The van der Waals surface area contributed by atoms with E-state index < -0.39 is 6.04 Å². The Kier molecular flexibility index (Phi) is 5.46. The van der Waals surface area contributed by atoms with Crippen molar-refractivity contribution in [3.05, 3.63) is 95.6 Å². The van der Waals surface area contributed by atoms with Crippen molar-refractivity contribution in [3.8, 4) is 11.5 Å². The lowest BCUT2D eigenvalue weighted by atomic mass is 9.94. The SMILES string of the molecule is CN(C)NC(=O)N(OCc1ccccc1)C1c2ccccc2Oc2ccccc21. The van der Waals surface area contributed by atoms with E-state index >= 15 is 0 Å². The molecule has 0 spiro atoms. The second-order valence-electron chi connectivity index (χ2n) is 6.98. The summed E-state index contributed by atoms with van der Waals surface area (Å²) < 4.78 is 6.06. The van der Waals surface area contributed by atoms with Gasteiger partial charge in [-0.15, -0.1) is 0 Å². The van der Waals surface area contributed by atoms with Gasteiger partial charge in [-0.3, -0.25) is 10.3 Å². The largest absolute Gasteiger partial charge is 0.457 e. The molecule has 0 aliphatic carbocycles. The third-order valence-corrected chi connectivity index (χ3v) is 4.61. The predicted molar refractivity (Wildman–Crippen MR) is 110 cm³/mol. The second-order valence-corrected chi connectivity index (χ2v) is 6.98. The van der Waals surface area contributed by atoms with E-state index in [9.17, 15) is 4.79 Å². The number of urea groups is 1. The Labute approximate surface area is 170 Å². The molecule has 148 valence electrons. The number of carbonyl (C=O) groups is 1. The molecule has 0 saturated heterocycles. The highest BCUT2D eigenvalue weighted by Gasteiger charge is 2.35. The Morgan fingerprint density at radius 3 is 2.03 bits per heavy atom. The molecule has 0 atom stereocenters. The highest BCUT2D eigenvalue weighted by molar-refractivity contribution is 5.74. The number of para-hydroxylation sites is 2. The quantitative estimate of drug-likeness (QED) is 0.653. The van der Waals surface area contributed by atoms with Gasteiger partial charge in [0.05, 0.1) is 0 Å². The number of nitrogens with zero attached hydrogens (tertiary/aromatic N) is 2. The normalized spacial score (nSPS) is 12.7. The lowest BCUT2D eigenvalue weighted by Gasteiger charge is -2.36. The molecule has 1 N–H and O–H groups in total. The molecule has 4 rings (SSSR count). The molecule has 0 unspecified atom stereocenters.